The minimum atomic E-state index is -0.569. The molecule has 1 aromatic heterocycles. The van der Waals surface area contributed by atoms with E-state index in [1.54, 1.807) is 13.0 Å². The zero-order chi connectivity index (χ0) is 15.4. The fraction of sp³-hybridized carbons (Fsp3) is 0.214. The lowest BCUT2D eigenvalue weighted by Gasteiger charge is -2.05. The molecule has 0 N–H and O–H groups in total. The van der Waals surface area contributed by atoms with Gasteiger partial charge in [0.25, 0.3) is 0 Å². The van der Waals surface area contributed by atoms with Crippen LogP contribution in [0.3, 0.4) is 0 Å². The predicted molar refractivity (Wildman–Crippen MR) is 75.8 cm³/mol. The topological polar surface area (TPSA) is 57.0 Å². The Labute approximate surface area is 126 Å². The van der Waals surface area contributed by atoms with Crippen LogP contribution in [0.1, 0.15) is 21.7 Å². The van der Waals surface area contributed by atoms with Gasteiger partial charge in [0, 0.05) is 0 Å². The van der Waals surface area contributed by atoms with Crippen LogP contribution in [-0.2, 0) is 11.3 Å². The Kier molecular flexibility index (Phi) is 4.70. The van der Waals surface area contributed by atoms with Crippen molar-refractivity contribution in [1.82, 2.24) is 15.0 Å². The van der Waals surface area contributed by atoms with Crippen molar-refractivity contribution in [2.24, 2.45) is 0 Å². The summed E-state index contributed by atoms with van der Waals surface area (Å²) in [5.74, 6) is -1.07. The quantitative estimate of drug-likeness (QED) is 0.629. The summed E-state index contributed by atoms with van der Waals surface area (Å²) in [5, 5.41) is 7.72. The monoisotopic (exact) mass is 309 g/mol. The summed E-state index contributed by atoms with van der Waals surface area (Å²) in [6, 6.07) is 4.47. The Morgan fingerprint density at radius 3 is 3.00 bits per heavy atom. The van der Waals surface area contributed by atoms with E-state index < -0.39 is 11.8 Å². The van der Waals surface area contributed by atoms with Gasteiger partial charge in [0.1, 0.15) is 12.4 Å². The fourth-order valence-electron chi connectivity index (χ4n) is 1.71. The lowest BCUT2D eigenvalue weighted by molar-refractivity contribution is 0.0542. The Hall–Kier alpha value is -2.21. The zero-order valence-corrected chi connectivity index (χ0v) is 12.1. The first kappa shape index (κ1) is 15.2. The van der Waals surface area contributed by atoms with Crippen LogP contribution in [0.15, 0.2) is 30.9 Å². The molecule has 21 heavy (non-hydrogen) atoms. The van der Waals surface area contributed by atoms with Gasteiger partial charge >= 0.3 is 5.97 Å². The largest absolute Gasteiger partial charge is 0.457 e. The van der Waals surface area contributed by atoms with Gasteiger partial charge in [0.2, 0.25) is 0 Å². The molecule has 110 valence electrons. The molecule has 0 amide bonds. The number of rotatable bonds is 5. The van der Waals surface area contributed by atoms with Crippen LogP contribution in [0.25, 0.3) is 0 Å². The number of carbonyl (C=O) groups excluding carboxylic acids is 1. The molecule has 5 nitrogen and oxygen atoms in total. The lowest BCUT2D eigenvalue weighted by Crippen LogP contribution is -2.09. The van der Waals surface area contributed by atoms with Gasteiger partial charge in [-0.15, -0.1) is 5.10 Å². The highest BCUT2D eigenvalue weighted by Crippen LogP contribution is 2.17. The van der Waals surface area contributed by atoms with E-state index in [2.05, 4.69) is 16.9 Å². The van der Waals surface area contributed by atoms with Crippen molar-refractivity contribution in [1.29, 1.82) is 0 Å². The molecule has 2 aromatic rings. The summed E-state index contributed by atoms with van der Waals surface area (Å²) in [5.41, 5.74) is 1.33. The second-order valence-corrected chi connectivity index (χ2v) is 4.72. The minimum absolute atomic E-state index is 0.0581. The molecular weight excluding hydrogens is 297 g/mol. The first-order valence-corrected chi connectivity index (χ1v) is 6.52. The highest BCUT2D eigenvalue weighted by atomic mass is 35.5. The van der Waals surface area contributed by atoms with Gasteiger partial charge in [-0.25, -0.2) is 13.9 Å². The number of hydrogen-bond acceptors (Lipinski definition) is 4. The minimum Gasteiger partial charge on any atom is -0.457 e. The van der Waals surface area contributed by atoms with Crippen molar-refractivity contribution >= 4 is 17.6 Å². The molecule has 0 atom stereocenters. The predicted octanol–water partition coefficient (Wildman–Crippen LogP) is 2.77. The van der Waals surface area contributed by atoms with Crippen molar-refractivity contribution in [2.45, 2.75) is 13.5 Å². The van der Waals surface area contributed by atoms with Crippen molar-refractivity contribution in [3.05, 3.63) is 58.6 Å². The molecule has 1 heterocycles. The smallest absolute Gasteiger partial charge is 0.361 e. The van der Waals surface area contributed by atoms with E-state index in [1.165, 1.54) is 22.9 Å². The van der Waals surface area contributed by atoms with E-state index in [0.717, 1.165) is 0 Å². The molecule has 2 rings (SSSR count). The van der Waals surface area contributed by atoms with Gasteiger partial charge in [0.15, 0.2) is 5.69 Å². The van der Waals surface area contributed by atoms with Crippen LogP contribution >= 0.6 is 11.6 Å². The Bertz CT molecular complexity index is 685. The van der Waals surface area contributed by atoms with Crippen LogP contribution in [0.4, 0.5) is 4.39 Å². The maximum atomic E-state index is 13.4. The fourth-order valence-corrected chi connectivity index (χ4v) is 1.83. The van der Waals surface area contributed by atoms with Crippen LogP contribution in [-0.4, -0.2) is 27.6 Å². The molecule has 0 fully saturated rings. The molecule has 0 spiro atoms. The molecule has 0 aliphatic rings. The summed E-state index contributed by atoms with van der Waals surface area (Å²) in [4.78, 5) is 11.7. The van der Waals surface area contributed by atoms with Gasteiger partial charge in [-0.2, -0.15) is 0 Å². The van der Waals surface area contributed by atoms with Crippen molar-refractivity contribution in [2.75, 3.05) is 6.61 Å². The molecule has 1 aromatic carbocycles. The standard InChI is InChI=1S/C14H13ClFN3O2/c1-3-6-21-14(20)13-9(2)19(18-17-13)8-10-4-5-11(15)12(16)7-10/h3-5,7H,1,6,8H2,2H3. The normalized spacial score (nSPS) is 10.4. The summed E-state index contributed by atoms with van der Waals surface area (Å²) in [6.07, 6.45) is 1.47. The van der Waals surface area contributed by atoms with Crippen LogP contribution < -0.4 is 0 Å². The number of nitrogens with zero attached hydrogens (tertiary/aromatic N) is 3. The van der Waals surface area contributed by atoms with E-state index in [-0.39, 0.29) is 23.9 Å². The molecule has 7 heteroatoms. The Morgan fingerprint density at radius 1 is 1.57 bits per heavy atom. The molecule has 0 saturated heterocycles. The second-order valence-electron chi connectivity index (χ2n) is 4.32. The highest BCUT2D eigenvalue weighted by molar-refractivity contribution is 6.30. The molecule has 0 saturated carbocycles. The van der Waals surface area contributed by atoms with Crippen LogP contribution in [0.2, 0.25) is 5.02 Å². The first-order chi connectivity index (χ1) is 10.0. The third kappa shape index (κ3) is 3.46. The van der Waals surface area contributed by atoms with E-state index in [4.69, 9.17) is 16.3 Å². The number of ether oxygens (including phenoxy) is 1. The lowest BCUT2D eigenvalue weighted by atomic mass is 10.2. The van der Waals surface area contributed by atoms with E-state index in [0.29, 0.717) is 11.3 Å². The van der Waals surface area contributed by atoms with Gasteiger partial charge < -0.3 is 4.74 Å². The number of esters is 1. The van der Waals surface area contributed by atoms with Crippen molar-refractivity contribution < 1.29 is 13.9 Å². The Morgan fingerprint density at radius 2 is 2.33 bits per heavy atom. The summed E-state index contributed by atoms with van der Waals surface area (Å²) in [6.45, 7) is 5.54. The average Bonchev–Trinajstić information content (AvgIpc) is 2.82. The van der Waals surface area contributed by atoms with Crippen molar-refractivity contribution in [3.63, 3.8) is 0 Å². The number of carbonyl (C=O) groups is 1. The summed E-state index contributed by atoms with van der Waals surface area (Å²) >= 11 is 5.63. The first-order valence-electron chi connectivity index (χ1n) is 6.15. The number of hydrogen-bond donors (Lipinski definition) is 0. The van der Waals surface area contributed by atoms with E-state index in [1.807, 2.05) is 0 Å². The molecule has 0 radical (unpaired) electrons. The van der Waals surface area contributed by atoms with Gasteiger partial charge in [-0.1, -0.05) is 35.5 Å². The zero-order valence-electron chi connectivity index (χ0n) is 11.3. The summed E-state index contributed by atoms with van der Waals surface area (Å²) in [7, 11) is 0. The molecule has 0 bridgehead atoms. The third-order valence-corrected chi connectivity index (χ3v) is 3.13. The van der Waals surface area contributed by atoms with Gasteiger partial charge in [0.05, 0.1) is 17.3 Å². The average molecular weight is 310 g/mol. The number of aromatic nitrogens is 3. The number of halogens is 2. The molecule has 0 aliphatic heterocycles. The number of benzene rings is 1. The highest BCUT2D eigenvalue weighted by Gasteiger charge is 2.17. The van der Waals surface area contributed by atoms with Crippen molar-refractivity contribution in [3.8, 4) is 0 Å². The third-order valence-electron chi connectivity index (χ3n) is 2.82. The molecule has 0 unspecified atom stereocenters. The van der Waals surface area contributed by atoms with Gasteiger partial charge in [-0.3, -0.25) is 0 Å². The van der Waals surface area contributed by atoms with Crippen LogP contribution in [0.5, 0.6) is 0 Å². The van der Waals surface area contributed by atoms with Gasteiger partial charge in [-0.05, 0) is 24.6 Å². The maximum absolute atomic E-state index is 13.4. The molecular formula is C14H13ClFN3O2. The van der Waals surface area contributed by atoms with E-state index in [9.17, 15) is 9.18 Å². The maximum Gasteiger partial charge on any atom is 0.361 e. The van der Waals surface area contributed by atoms with Crippen LogP contribution in [0, 0.1) is 12.7 Å². The SMILES string of the molecule is C=CCOC(=O)c1nnn(Cc2ccc(Cl)c(F)c2)c1C. The summed E-state index contributed by atoms with van der Waals surface area (Å²) < 4.78 is 19.8. The Balaban J connectivity index is 2.18. The van der Waals surface area contributed by atoms with E-state index >= 15 is 0 Å². The molecule has 0 aliphatic carbocycles. The second kappa shape index (κ2) is 6.49.